The van der Waals surface area contributed by atoms with Gasteiger partial charge in [-0.3, -0.25) is 0 Å². The van der Waals surface area contributed by atoms with Crippen molar-refractivity contribution >= 4 is 9.84 Å². The van der Waals surface area contributed by atoms with Crippen molar-refractivity contribution in [3.63, 3.8) is 0 Å². The van der Waals surface area contributed by atoms with Crippen LogP contribution in [0.3, 0.4) is 0 Å². The maximum absolute atomic E-state index is 12.3. The Bertz CT molecular complexity index is 633. The van der Waals surface area contributed by atoms with E-state index in [0.29, 0.717) is 12.1 Å². The fraction of sp³-hybridized carbons (Fsp3) is 0.111. The average Bonchev–Trinajstić information content (AvgIpc) is 2.82. The second-order valence-electron chi connectivity index (χ2n) is 3.32. The molecule has 2 rings (SSSR count). The van der Waals surface area contributed by atoms with E-state index in [2.05, 4.69) is 15.2 Å². The van der Waals surface area contributed by atoms with Crippen LogP contribution in [-0.2, 0) is 16.0 Å². The first-order valence-electron chi connectivity index (χ1n) is 4.59. The third-order valence-electron chi connectivity index (χ3n) is 2.14. The quantitative estimate of drug-likeness (QED) is 0.905. The zero-order valence-electron chi connectivity index (χ0n) is 8.64. The van der Waals surface area contributed by atoms with Crippen LogP contribution in [0.15, 0.2) is 40.6 Å². The van der Waals surface area contributed by atoms with E-state index in [1.54, 1.807) is 0 Å². The third kappa shape index (κ3) is 2.21. The van der Waals surface area contributed by atoms with E-state index in [4.69, 9.17) is 0 Å². The van der Waals surface area contributed by atoms with Gasteiger partial charge < -0.3 is 0 Å². The average molecular weight is 277 g/mol. The molecule has 96 valence electrons. The number of rotatable bonds is 2. The number of halogens is 3. The van der Waals surface area contributed by atoms with Crippen molar-refractivity contribution in [3.05, 3.63) is 36.2 Å². The first-order chi connectivity index (χ1) is 8.32. The van der Waals surface area contributed by atoms with Crippen LogP contribution in [-0.4, -0.2) is 23.6 Å². The van der Waals surface area contributed by atoms with Crippen LogP contribution >= 0.6 is 0 Å². The first-order valence-corrected chi connectivity index (χ1v) is 6.08. The number of aromatic nitrogens is 3. The van der Waals surface area contributed by atoms with E-state index >= 15 is 0 Å². The molecule has 0 saturated heterocycles. The number of hydrogen-bond donors (Lipinski definition) is 1. The van der Waals surface area contributed by atoms with Crippen molar-refractivity contribution in [1.29, 1.82) is 0 Å². The topological polar surface area (TPSA) is 75.7 Å². The van der Waals surface area contributed by atoms with Gasteiger partial charge in [-0.1, -0.05) is 0 Å². The van der Waals surface area contributed by atoms with Gasteiger partial charge in [0, 0.05) is 0 Å². The van der Waals surface area contributed by atoms with E-state index in [-0.39, 0.29) is 4.90 Å². The normalized spacial score (nSPS) is 12.6. The summed E-state index contributed by atoms with van der Waals surface area (Å²) in [5.74, 6) is 0. The summed E-state index contributed by atoms with van der Waals surface area (Å²) >= 11 is 0. The molecule has 0 radical (unpaired) electrons. The molecule has 1 N–H and O–H groups in total. The maximum Gasteiger partial charge on any atom is 0.416 e. The van der Waals surface area contributed by atoms with Crippen molar-refractivity contribution in [3.8, 4) is 0 Å². The highest BCUT2D eigenvalue weighted by molar-refractivity contribution is 7.91. The van der Waals surface area contributed by atoms with Crippen LogP contribution in [0.25, 0.3) is 0 Å². The molecule has 1 aromatic heterocycles. The van der Waals surface area contributed by atoms with Crippen LogP contribution in [0.4, 0.5) is 13.2 Å². The Morgan fingerprint density at radius 2 is 1.72 bits per heavy atom. The molecule has 9 heteroatoms. The number of sulfone groups is 1. The van der Waals surface area contributed by atoms with E-state index in [0.717, 1.165) is 18.5 Å². The van der Waals surface area contributed by atoms with Crippen molar-refractivity contribution in [2.75, 3.05) is 0 Å². The standard InChI is InChI=1S/C9H6F3N3O2S/c10-9(11,12)6-1-3-7(4-2-6)18(16,17)8-13-5-14-15-8/h1-5H,(H,13,14,15). The summed E-state index contributed by atoms with van der Waals surface area (Å²) in [6.45, 7) is 0. The summed E-state index contributed by atoms with van der Waals surface area (Å²) in [7, 11) is -3.95. The summed E-state index contributed by atoms with van der Waals surface area (Å²) < 4.78 is 60.6. The third-order valence-corrected chi connectivity index (χ3v) is 3.74. The highest BCUT2D eigenvalue weighted by atomic mass is 32.2. The summed E-state index contributed by atoms with van der Waals surface area (Å²) in [6, 6.07) is 3.15. The van der Waals surface area contributed by atoms with Crippen LogP contribution in [0.2, 0.25) is 0 Å². The minimum Gasteiger partial charge on any atom is -0.250 e. The Morgan fingerprint density at radius 1 is 1.11 bits per heavy atom. The van der Waals surface area contributed by atoms with Gasteiger partial charge in [-0.2, -0.15) is 18.3 Å². The Kier molecular flexibility index (Phi) is 2.85. The monoisotopic (exact) mass is 277 g/mol. The number of H-pyrrole nitrogens is 1. The van der Waals surface area contributed by atoms with Gasteiger partial charge in [0.1, 0.15) is 6.33 Å². The van der Waals surface area contributed by atoms with Gasteiger partial charge in [0.2, 0.25) is 15.0 Å². The summed E-state index contributed by atoms with van der Waals surface area (Å²) in [5, 5.41) is 5.11. The number of hydrogen-bond acceptors (Lipinski definition) is 4. The number of benzene rings is 1. The molecule has 0 atom stereocenters. The lowest BCUT2D eigenvalue weighted by Crippen LogP contribution is -2.07. The van der Waals surface area contributed by atoms with Crippen LogP contribution in [0.5, 0.6) is 0 Å². The summed E-state index contributed by atoms with van der Waals surface area (Å²) in [6.07, 6.45) is -3.51. The molecule has 2 aromatic rings. The van der Waals surface area contributed by atoms with Crippen molar-refractivity contribution in [1.82, 2.24) is 15.2 Å². The van der Waals surface area contributed by atoms with E-state index in [1.807, 2.05) is 0 Å². The SMILES string of the molecule is O=S(=O)(c1ccc(C(F)(F)F)cc1)c1ncn[nH]1. The van der Waals surface area contributed by atoms with Gasteiger partial charge in [0.15, 0.2) is 0 Å². The Morgan fingerprint density at radius 3 is 2.17 bits per heavy atom. The van der Waals surface area contributed by atoms with Crippen molar-refractivity contribution in [2.45, 2.75) is 16.2 Å². The lowest BCUT2D eigenvalue weighted by atomic mass is 10.2. The fourth-order valence-electron chi connectivity index (χ4n) is 1.26. The summed E-state index contributed by atoms with van der Waals surface area (Å²) in [4.78, 5) is 3.17. The minimum atomic E-state index is -4.51. The predicted molar refractivity (Wildman–Crippen MR) is 53.3 cm³/mol. The molecule has 0 amide bonds. The lowest BCUT2D eigenvalue weighted by Gasteiger charge is -2.07. The summed E-state index contributed by atoms with van der Waals surface area (Å²) in [5.41, 5.74) is -0.918. The Hall–Kier alpha value is -1.90. The highest BCUT2D eigenvalue weighted by Gasteiger charge is 2.31. The van der Waals surface area contributed by atoms with E-state index in [9.17, 15) is 21.6 Å². The van der Waals surface area contributed by atoms with Gasteiger partial charge >= 0.3 is 6.18 Å². The van der Waals surface area contributed by atoms with E-state index in [1.165, 1.54) is 0 Å². The van der Waals surface area contributed by atoms with Crippen LogP contribution in [0.1, 0.15) is 5.56 Å². The molecule has 0 fully saturated rings. The van der Waals surface area contributed by atoms with Gasteiger partial charge in [0.25, 0.3) is 0 Å². The molecule has 0 aliphatic carbocycles. The molecule has 0 spiro atoms. The molecule has 1 aromatic carbocycles. The van der Waals surface area contributed by atoms with Crippen molar-refractivity contribution in [2.24, 2.45) is 0 Å². The zero-order chi connectivity index (χ0) is 13.4. The van der Waals surface area contributed by atoms with Crippen molar-refractivity contribution < 1.29 is 21.6 Å². The zero-order valence-corrected chi connectivity index (χ0v) is 9.46. The molecule has 0 unspecified atom stereocenters. The number of nitrogens with zero attached hydrogens (tertiary/aromatic N) is 2. The molecule has 18 heavy (non-hydrogen) atoms. The van der Waals surface area contributed by atoms with Crippen LogP contribution in [0, 0.1) is 0 Å². The highest BCUT2D eigenvalue weighted by Crippen LogP contribution is 2.30. The lowest BCUT2D eigenvalue weighted by molar-refractivity contribution is -0.137. The fourth-order valence-corrected chi connectivity index (χ4v) is 2.33. The molecule has 5 nitrogen and oxygen atoms in total. The Labute approximate surface area is 99.6 Å². The predicted octanol–water partition coefficient (Wildman–Crippen LogP) is 1.66. The van der Waals surface area contributed by atoms with Gasteiger partial charge in [-0.15, -0.1) is 0 Å². The molecule has 0 aliphatic rings. The van der Waals surface area contributed by atoms with Gasteiger partial charge in [0.05, 0.1) is 10.5 Å². The molecular formula is C9H6F3N3O2S. The molecule has 0 saturated carbocycles. The number of alkyl halides is 3. The second-order valence-corrected chi connectivity index (χ2v) is 5.18. The largest absolute Gasteiger partial charge is 0.416 e. The van der Waals surface area contributed by atoms with Crippen LogP contribution < -0.4 is 0 Å². The first kappa shape index (κ1) is 12.6. The molecule has 1 heterocycles. The van der Waals surface area contributed by atoms with Gasteiger partial charge in [-0.25, -0.2) is 18.5 Å². The maximum atomic E-state index is 12.3. The molecular weight excluding hydrogens is 271 g/mol. The Balaban J connectivity index is 2.42. The van der Waals surface area contributed by atoms with Gasteiger partial charge in [-0.05, 0) is 24.3 Å². The smallest absolute Gasteiger partial charge is 0.250 e. The molecule has 0 aliphatic heterocycles. The number of nitrogens with one attached hydrogen (secondary N) is 1. The molecule has 0 bridgehead atoms. The second kappa shape index (κ2) is 4.09. The minimum absolute atomic E-state index is 0.285. The van der Waals surface area contributed by atoms with E-state index < -0.39 is 26.7 Å². The number of aromatic amines is 1.